The summed E-state index contributed by atoms with van der Waals surface area (Å²) >= 11 is 0. The summed E-state index contributed by atoms with van der Waals surface area (Å²) in [5.41, 5.74) is 9.63. The molecule has 0 N–H and O–H groups in total. The molecule has 5 heterocycles. The molecular weight excluding hydrogens is 952 g/mol. The molecule has 0 fully saturated rings. The largest absolute Gasteiger partial charge is 0.458 e. The summed E-state index contributed by atoms with van der Waals surface area (Å²) in [7, 11) is -3.43. The van der Waals surface area contributed by atoms with Gasteiger partial charge in [0.25, 0.3) is 6.33 Å². The highest BCUT2D eigenvalue weighted by Gasteiger charge is 2.56. The van der Waals surface area contributed by atoms with E-state index in [-0.39, 0.29) is 39.7 Å². The van der Waals surface area contributed by atoms with E-state index in [1.807, 2.05) is 42.6 Å². The lowest BCUT2D eigenvalue weighted by atomic mass is 9.64. The Kier molecular flexibility index (Phi) is 8.09. The molecular formula is C70H51BN4OSi. The van der Waals surface area contributed by atoms with E-state index in [4.69, 9.17) is 17.9 Å². The number of ether oxygens (including phenoxy) is 1. The Labute approximate surface area is 463 Å². The summed E-state index contributed by atoms with van der Waals surface area (Å²) in [4.78, 5) is 4.94. The van der Waals surface area contributed by atoms with Gasteiger partial charge in [-0.2, -0.15) is 0 Å². The highest BCUT2D eigenvalue weighted by molar-refractivity contribution is 7.57. The molecule has 3 aromatic heterocycles. The molecule has 0 atom stereocenters. The van der Waals surface area contributed by atoms with Gasteiger partial charge in [-0.1, -0.05) is 242 Å². The first-order valence-corrected chi connectivity index (χ1v) is 27.9. The summed E-state index contributed by atoms with van der Waals surface area (Å²) in [6, 6.07) is 59.0. The second-order valence-electron chi connectivity index (χ2n) is 20.9. The number of pyridine rings is 1. The Morgan fingerprint density at radius 2 is 1.19 bits per heavy atom. The van der Waals surface area contributed by atoms with E-state index >= 15 is 0 Å². The highest BCUT2D eigenvalue weighted by Crippen LogP contribution is 2.40. The lowest BCUT2D eigenvalue weighted by Crippen LogP contribution is -2.81. The van der Waals surface area contributed by atoms with Crippen LogP contribution in [0.25, 0.3) is 83.4 Å². The maximum absolute atomic E-state index is 9.41. The van der Waals surface area contributed by atoms with Crippen LogP contribution in [0.15, 0.2) is 255 Å². The zero-order chi connectivity index (χ0) is 60.1. The van der Waals surface area contributed by atoms with E-state index in [2.05, 4.69) is 170 Å². The normalized spacial score (nSPS) is 15.0. The molecule has 364 valence electrons. The fourth-order valence-electron chi connectivity index (χ4n) is 12.5. The number of hydrogen-bond acceptors (Lipinski definition) is 2. The molecule has 0 saturated heterocycles. The summed E-state index contributed by atoms with van der Waals surface area (Å²) in [5, 5.41) is 5.51. The Balaban J connectivity index is 1.05. The molecule has 2 aliphatic rings. The van der Waals surface area contributed by atoms with Crippen LogP contribution in [0.1, 0.15) is 40.0 Å². The van der Waals surface area contributed by atoms with Crippen molar-refractivity contribution in [3.8, 4) is 62.1 Å². The molecule has 7 heteroatoms. The number of benzene rings is 10. The maximum atomic E-state index is 9.41. The summed E-state index contributed by atoms with van der Waals surface area (Å²) in [6.45, 7) is 6.59. The van der Waals surface area contributed by atoms with Gasteiger partial charge >= 0.3 is 0 Å². The molecule has 0 bridgehead atoms. The lowest BCUT2D eigenvalue weighted by molar-refractivity contribution is -0.571. The predicted molar refractivity (Wildman–Crippen MR) is 320 cm³/mol. The number of nitrogens with zero attached hydrogens (tertiary/aromatic N) is 4. The molecule has 13 aromatic rings. The van der Waals surface area contributed by atoms with Crippen molar-refractivity contribution in [2.45, 2.75) is 26.2 Å². The van der Waals surface area contributed by atoms with Crippen molar-refractivity contribution in [2.24, 2.45) is 0 Å². The molecule has 10 aromatic carbocycles. The van der Waals surface area contributed by atoms with Crippen LogP contribution in [0.2, 0.25) is 0 Å². The van der Waals surface area contributed by atoms with Crippen molar-refractivity contribution in [3.63, 3.8) is 0 Å². The third-order valence-electron chi connectivity index (χ3n) is 15.8. The van der Waals surface area contributed by atoms with Gasteiger partial charge in [0, 0.05) is 23.0 Å². The molecule has 5 nitrogen and oxygen atoms in total. The van der Waals surface area contributed by atoms with Gasteiger partial charge in [0.2, 0.25) is 6.31 Å². The smallest absolute Gasteiger partial charge is 0.269 e. The van der Waals surface area contributed by atoms with Gasteiger partial charge < -0.3 is 4.74 Å². The van der Waals surface area contributed by atoms with E-state index < -0.39 is 68.4 Å². The predicted octanol–water partition coefficient (Wildman–Crippen LogP) is 12.8. The molecule has 77 heavy (non-hydrogen) atoms. The van der Waals surface area contributed by atoms with E-state index in [1.54, 1.807) is 22.8 Å². The quantitative estimate of drug-likeness (QED) is 0.0864. The number of fused-ring (bicyclic) bond motifs is 8. The first-order valence-electron chi connectivity index (χ1n) is 30.8. The number of hydrogen-bond donors (Lipinski definition) is 0. The third-order valence-corrected chi connectivity index (χ3v) is 21.0. The number of para-hydroxylation sites is 2. The second-order valence-corrected chi connectivity index (χ2v) is 24.8. The molecule has 0 amide bonds. The second kappa shape index (κ2) is 17.4. The van der Waals surface area contributed by atoms with Gasteiger partial charge in [-0.05, 0) is 92.0 Å². The van der Waals surface area contributed by atoms with Crippen molar-refractivity contribution in [2.75, 3.05) is 0 Å². The van der Waals surface area contributed by atoms with Crippen LogP contribution < -0.4 is 35.8 Å². The topological polar surface area (TPSA) is 35.9 Å². The number of rotatable bonds is 8. The van der Waals surface area contributed by atoms with Crippen LogP contribution in [0, 0.1) is 6.33 Å². The van der Waals surface area contributed by atoms with Crippen LogP contribution in [-0.2, 0) is 5.41 Å². The Hall–Kier alpha value is -9.30. The van der Waals surface area contributed by atoms with Crippen molar-refractivity contribution >= 4 is 73.6 Å². The highest BCUT2D eigenvalue weighted by atomic mass is 28.3. The zero-order valence-corrected chi connectivity index (χ0v) is 43.2. The number of imidazole rings is 1. The van der Waals surface area contributed by atoms with E-state index in [9.17, 15) is 5.48 Å². The minimum Gasteiger partial charge on any atom is -0.458 e. The van der Waals surface area contributed by atoms with Gasteiger partial charge in [-0.3, -0.25) is 13.7 Å². The molecule has 0 spiro atoms. The maximum Gasteiger partial charge on any atom is 0.269 e. The van der Waals surface area contributed by atoms with Crippen LogP contribution in [0.3, 0.4) is 0 Å². The van der Waals surface area contributed by atoms with Crippen LogP contribution in [0.4, 0.5) is 0 Å². The van der Waals surface area contributed by atoms with Gasteiger partial charge in [0.15, 0.2) is 0 Å². The Morgan fingerprint density at radius 3 is 1.91 bits per heavy atom. The van der Waals surface area contributed by atoms with Gasteiger partial charge in [-0.25, -0.2) is 4.98 Å². The third kappa shape index (κ3) is 6.86. The first-order chi connectivity index (χ1) is 42.0. The summed E-state index contributed by atoms with van der Waals surface area (Å²) in [5.74, 6) is 1.91. The average molecular weight is 1010 g/mol. The van der Waals surface area contributed by atoms with E-state index in [1.165, 1.54) is 10.4 Å². The molecule has 0 radical (unpaired) electrons. The molecule has 2 aliphatic heterocycles. The minimum absolute atomic E-state index is 0.121. The summed E-state index contributed by atoms with van der Waals surface area (Å²) in [6.07, 6.45) is 5.42. The van der Waals surface area contributed by atoms with Crippen molar-refractivity contribution in [1.82, 2.24) is 14.1 Å². The fraction of sp³-hybridized carbons (Fsp3) is 0.0571. The summed E-state index contributed by atoms with van der Waals surface area (Å²) < 4.78 is 104. The standard InChI is InChI=1S/C70H51BN4OSi/c1-70(2,3)49-41-42-72-66(43-49)75-61-34-19-17-30-57(61)58-37-35-50(44-63(58)75)76-51-36-40-65-64(45-51)74-46-73(68-54(47-21-8-4-9-22-47)31-20-32-55(68)48-23-10-5-11-24-48)62-39-38-59-56-29-16-18-33-60(56)71(67(59)69(62)74)77(65,52-25-12-6-13-26-52)53-27-14-7-15-28-53/h4-45H,1-3H3/i4D,5D,8D,9D,10D,11D,21D,22D,23D,24D. The van der Waals surface area contributed by atoms with Crippen LogP contribution >= 0.6 is 0 Å². The van der Waals surface area contributed by atoms with Crippen molar-refractivity contribution in [3.05, 3.63) is 267 Å². The average Bonchev–Trinajstić information content (AvgIpc) is 1.56. The monoisotopic (exact) mass is 1010 g/mol. The minimum atomic E-state index is -3.43. The zero-order valence-electron chi connectivity index (χ0n) is 52.2. The van der Waals surface area contributed by atoms with E-state index in [0.717, 1.165) is 71.6 Å². The molecule has 0 saturated carbocycles. The Morgan fingerprint density at radius 1 is 0.571 bits per heavy atom. The van der Waals surface area contributed by atoms with Crippen molar-refractivity contribution in [1.29, 1.82) is 0 Å². The SMILES string of the molecule is [2H]c1c([2H])c([2H])c(-c2cccc(-c3c([2H])c([2H])c([2H])c([2H])c3[2H])c2-[n+]2[c-]n3c4c5c(ccc42)-c2ccccc2B5[Si](c2ccccc2)(c2ccccc2)c2ccc(Oc4ccc5c6ccccc6n(-c6cc(C(C)(C)C)ccn6)c5c4)cc2-3)c([2H])c1[2H]. The van der Waals surface area contributed by atoms with Crippen molar-refractivity contribution < 1.29 is 23.0 Å². The molecule has 0 unspecified atom stereocenters. The number of aromatic nitrogens is 4. The molecule has 15 rings (SSSR count). The van der Waals surface area contributed by atoms with E-state index in [0.29, 0.717) is 17.0 Å². The van der Waals surface area contributed by atoms with Gasteiger partial charge in [0.05, 0.1) is 47.1 Å². The van der Waals surface area contributed by atoms with Gasteiger partial charge in [-0.15, -0.1) is 0 Å². The van der Waals surface area contributed by atoms with Gasteiger partial charge in [0.1, 0.15) is 25.3 Å². The first kappa shape index (κ1) is 35.8. The van der Waals surface area contributed by atoms with Crippen LogP contribution in [0.5, 0.6) is 11.5 Å². The lowest BCUT2D eigenvalue weighted by Gasteiger charge is -2.39. The Bertz CT molecular complexity index is 4920. The fourth-order valence-corrected chi connectivity index (χ4v) is 18.3. The molecule has 0 aliphatic carbocycles. The van der Waals surface area contributed by atoms with Crippen LogP contribution in [-0.4, -0.2) is 28.4 Å².